The lowest BCUT2D eigenvalue weighted by atomic mass is 10.1. The van der Waals surface area contributed by atoms with Gasteiger partial charge in [-0.3, -0.25) is 14.6 Å². The highest BCUT2D eigenvalue weighted by Gasteiger charge is 2.09. The number of rotatable bonds is 6. The normalized spacial score (nSPS) is 10.6. The van der Waals surface area contributed by atoms with Crippen molar-refractivity contribution in [2.45, 2.75) is 26.2 Å². The van der Waals surface area contributed by atoms with E-state index in [-0.39, 0.29) is 25.3 Å². The van der Waals surface area contributed by atoms with Gasteiger partial charge in [-0.1, -0.05) is 0 Å². The van der Waals surface area contributed by atoms with E-state index in [1.807, 2.05) is 0 Å². The minimum Gasteiger partial charge on any atom is -0.356 e. The minimum absolute atomic E-state index is 0.0630. The van der Waals surface area contributed by atoms with E-state index in [0.29, 0.717) is 23.2 Å². The van der Waals surface area contributed by atoms with Crippen molar-refractivity contribution in [2.75, 3.05) is 6.54 Å². The molecule has 0 fully saturated rings. The Morgan fingerprint density at radius 2 is 1.75 bits per heavy atom. The van der Waals surface area contributed by atoms with Crippen LogP contribution in [0.4, 0.5) is 8.78 Å². The third-order valence-corrected chi connectivity index (χ3v) is 3.52. The third-order valence-electron chi connectivity index (χ3n) is 3.52. The van der Waals surface area contributed by atoms with Crippen LogP contribution >= 0.6 is 0 Å². The number of hydrogen-bond acceptors (Lipinski definition) is 3. The lowest BCUT2D eigenvalue weighted by molar-refractivity contribution is -0.121. The molecule has 1 heterocycles. The van der Waals surface area contributed by atoms with Gasteiger partial charge in [0.2, 0.25) is 5.91 Å². The summed E-state index contributed by atoms with van der Waals surface area (Å²) >= 11 is 0. The van der Waals surface area contributed by atoms with E-state index in [1.165, 1.54) is 12.1 Å². The summed E-state index contributed by atoms with van der Waals surface area (Å²) in [5, 5.41) is 2.62. The monoisotopic (exact) mass is 337 g/mol. The average molecular weight is 337 g/mol. The molecule has 0 bridgehead atoms. The topological polar surface area (TPSA) is 94.8 Å². The average Bonchev–Trinajstić information content (AvgIpc) is 2.45. The van der Waals surface area contributed by atoms with Crippen molar-refractivity contribution < 1.29 is 13.6 Å². The van der Waals surface area contributed by atoms with Gasteiger partial charge in [-0.25, -0.2) is 13.6 Å². The molecule has 0 aliphatic heterocycles. The Bertz CT molecular complexity index is 838. The molecule has 2 rings (SSSR count). The van der Waals surface area contributed by atoms with Gasteiger partial charge >= 0.3 is 5.69 Å². The minimum atomic E-state index is -0.663. The Morgan fingerprint density at radius 1 is 1.08 bits per heavy atom. The van der Waals surface area contributed by atoms with Crippen LogP contribution in [0.3, 0.4) is 0 Å². The number of benzene rings is 1. The van der Waals surface area contributed by atoms with Crippen LogP contribution in [-0.4, -0.2) is 22.4 Å². The van der Waals surface area contributed by atoms with Crippen LogP contribution in [0.15, 0.2) is 27.8 Å². The molecular weight excluding hydrogens is 320 g/mol. The Kier molecular flexibility index (Phi) is 5.62. The van der Waals surface area contributed by atoms with Crippen molar-refractivity contribution in [3.63, 3.8) is 0 Å². The van der Waals surface area contributed by atoms with Crippen LogP contribution in [0.25, 0.3) is 0 Å². The van der Waals surface area contributed by atoms with Gasteiger partial charge in [0.05, 0.1) is 0 Å². The van der Waals surface area contributed by atoms with Crippen LogP contribution in [0.5, 0.6) is 0 Å². The summed E-state index contributed by atoms with van der Waals surface area (Å²) in [6.07, 6.45) is 0.532. The summed E-state index contributed by atoms with van der Waals surface area (Å²) in [4.78, 5) is 39.1. The first-order valence-electron chi connectivity index (χ1n) is 7.39. The molecule has 0 radical (unpaired) electrons. The molecule has 8 heteroatoms. The Labute approximate surface area is 135 Å². The number of carbonyl (C=O) groups excluding carboxylic acids is 1. The van der Waals surface area contributed by atoms with Crippen molar-refractivity contribution >= 4 is 5.91 Å². The number of aromatic nitrogens is 2. The molecule has 1 amide bonds. The smallest absolute Gasteiger partial charge is 0.325 e. The van der Waals surface area contributed by atoms with Crippen LogP contribution in [0, 0.1) is 18.6 Å². The quantitative estimate of drug-likeness (QED) is 0.732. The van der Waals surface area contributed by atoms with Gasteiger partial charge in [-0.15, -0.1) is 0 Å². The summed E-state index contributed by atoms with van der Waals surface area (Å²) in [5.74, 6) is -1.62. The highest BCUT2D eigenvalue weighted by atomic mass is 19.1. The van der Waals surface area contributed by atoms with E-state index in [0.717, 1.165) is 6.07 Å². The van der Waals surface area contributed by atoms with Gasteiger partial charge in [0.25, 0.3) is 5.56 Å². The maximum absolute atomic E-state index is 13.0. The van der Waals surface area contributed by atoms with Crippen LogP contribution in [0.2, 0.25) is 0 Å². The maximum Gasteiger partial charge on any atom is 0.325 e. The lowest BCUT2D eigenvalue weighted by Gasteiger charge is -2.07. The van der Waals surface area contributed by atoms with Gasteiger partial charge < -0.3 is 10.3 Å². The van der Waals surface area contributed by atoms with Crippen LogP contribution < -0.4 is 16.6 Å². The van der Waals surface area contributed by atoms with Gasteiger partial charge in [0.15, 0.2) is 0 Å². The molecule has 0 saturated carbocycles. The second-order valence-corrected chi connectivity index (χ2v) is 5.39. The summed E-state index contributed by atoms with van der Waals surface area (Å²) in [6.45, 7) is 1.81. The highest BCUT2D eigenvalue weighted by molar-refractivity contribution is 5.76. The molecule has 2 aromatic rings. The molecule has 1 aromatic carbocycles. The molecule has 24 heavy (non-hydrogen) atoms. The number of nitrogens with one attached hydrogen (secondary N) is 3. The lowest BCUT2D eigenvalue weighted by Crippen LogP contribution is -2.29. The first-order valence-corrected chi connectivity index (χ1v) is 7.39. The molecule has 0 spiro atoms. The van der Waals surface area contributed by atoms with E-state index in [1.54, 1.807) is 6.92 Å². The van der Waals surface area contributed by atoms with Crippen molar-refractivity contribution in [1.29, 1.82) is 0 Å². The SMILES string of the molecule is Cc1[nH]c(=O)[nH]c(=O)c1CCC(=O)NCCc1cc(F)cc(F)c1. The molecular formula is C16H17F2N3O3. The summed E-state index contributed by atoms with van der Waals surface area (Å²) in [5.41, 5.74) is 0.108. The fourth-order valence-corrected chi connectivity index (χ4v) is 2.36. The van der Waals surface area contributed by atoms with Crippen LogP contribution in [0.1, 0.15) is 23.2 Å². The predicted octanol–water partition coefficient (Wildman–Crippen LogP) is 0.941. The number of amides is 1. The summed E-state index contributed by atoms with van der Waals surface area (Å²) < 4.78 is 26.1. The molecule has 3 N–H and O–H groups in total. The van der Waals surface area contributed by atoms with Crippen LogP contribution in [-0.2, 0) is 17.6 Å². The first-order chi connectivity index (χ1) is 11.3. The number of aryl methyl sites for hydroxylation is 1. The molecule has 0 unspecified atom stereocenters. The summed E-state index contributed by atoms with van der Waals surface area (Å²) in [6, 6.07) is 3.20. The van der Waals surface area contributed by atoms with E-state index < -0.39 is 22.9 Å². The highest BCUT2D eigenvalue weighted by Crippen LogP contribution is 2.08. The zero-order valence-electron chi connectivity index (χ0n) is 13.0. The van der Waals surface area contributed by atoms with E-state index in [9.17, 15) is 23.2 Å². The third kappa shape index (κ3) is 4.87. The zero-order valence-corrected chi connectivity index (χ0v) is 13.0. The zero-order chi connectivity index (χ0) is 17.7. The molecule has 128 valence electrons. The fourth-order valence-electron chi connectivity index (χ4n) is 2.36. The van der Waals surface area contributed by atoms with Gasteiger partial charge in [0, 0.05) is 30.3 Å². The Balaban J connectivity index is 1.84. The number of halogens is 2. The second kappa shape index (κ2) is 7.67. The molecule has 0 aliphatic carbocycles. The predicted molar refractivity (Wildman–Crippen MR) is 83.8 cm³/mol. The molecule has 0 aliphatic rings. The first kappa shape index (κ1) is 17.6. The Hall–Kier alpha value is -2.77. The molecule has 1 aromatic heterocycles. The maximum atomic E-state index is 13.0. The van der Waals surface area contributed by atoms with E-state index in [2.05, 4.69) is 15.3 Å². The number of hydrogen-bond donors (Lipinski definition) is 3. The fraction of sp³-hybridized carbons (Fsp3) is 0.312. The summed E-state index contributed by atoms with van der Waals surface area (Å²) in [7, 11) is 0. The van der Waals surface area contributed by atoms with Crippen molar-refractivity contribution in [3.05, 3.63) is 67.5 Å². The standard InChI is InChI=1S/C16H17F2N3O3/c1-9-13(15(23)21-16(24)20-9)2-3-14(22)19-5-4-10-6-11(17)8-12(18)7-10/h6-8H,2-5H2,1H3,(H,19,22)(H2,20,21,23,24). The van der Waals surface area contributed by atoms with Crippen molar-refractivity contribution in [1.82, 2.24) is 15.3 Å². The molecule has 0 atom stereocenters. The molecule has 0 saturated heterocycles. The number of carbonyl (C=O) groups is 1. The second-order valence-electron chi connectivity index (χ2n) is 5.39. The largest absolute Gasteiger partial charge is 0.356 e. The number of H-pyrrole nitrogens is 2. The van der Waals surface area contributed by atoms with Crippen molar-refractivity contribution in [3.8, 4) is 0 Å². The van der Waals surface area contributed by atoms with E-state index >= 15 is 0 Å². The number of aromatic amines is 2. The van der Waals surface area contributed by atoms with Crippen molar-refractivity contribution in [2.24, 2.45) is 0 Å². The Morgan fingerprint density at radius 3 is 2.38 bits per heavy atom. The molecule has 6 nitrogen and oxygen atoms in total. The van der Waals surface area contributed by atoms with E-state index in [4.69, 9.17) is 0 Å². The van der Waals surface area contributed by atoms with Gasteiger partial charge in [-0.05, 0) is 37.5 Å². The van der Waals surface area contributed by atoms with Gasteiger partial charge in [0.1, 0.15) is 11.6 Å². The van der Waals surface area contributed by atoms with Gasteiger partial charge in [-0.2, -0.15) is 0 Å².